The first kappa shape index (κ1) is 13.5. The Morgan fingerprint density at radius 1 is 1.41 bits per heavy atom. The molecule has 1 rings (SSSR count). The molecule has 0 aliphatic heterocycles. The Hall–Kier alpha value is -1.58. The van der Waals surface area contributed by atoms with Gasteiger partial charge in [0.15, 0.2) is 11.5 Å². The van der Waals surface area contributed by atoms with E-state index in [0.29, 0.717) is 29.9 Å². The fourth-order valence-electron chi connectivity index (χ4n) is 1.54. The number of methoxy groups -OCH3 is 1. The van der Waals surface area contributed by atoms with Gasteiger partial charge < -0.3 is 14.3 Å². The third-order valence-electron chi connectivity index (χ3n) is 2.20. The van der Waals surface area contributed by atoms with Crippen molar-refractivity contribution in [2.75, 3.05) is 7.11 Å². The number of halogens is 1. The molecule has 1 aromatic carbocycles. The number of ether oxygens (including phenoxy) is 2. The van der Waals surface area contributed by atoms with E-state index in [4.69, 9.17) is 9.47 Å². The van der Waals surface area contributed by atoms with Crippen molar-refractivity contribution in [1.82, 2.24) is 0 Å². The zero-order valence-electron chi connectivity index (χ0n) is 10.3. The lowest BCUT2D eigenvalue weighted by atomic mass is 10.1. The van der Waals surface area contributed by atoms with E-state index in [1.807, 2.05) is 13.8 Å². The van der Waals surface area contributed by atoms with Gasteiger partial charge in [-0.15, -0.1) is 0 Å². The van der Waals surface area contributed by atoms with E-state index in [9.17, 15) is 9.18 Å². The summed E-state index contributed by atoms with van der Waals surface area (Å²) in [6, 6.07) is 2.66. The Balaban J connectivity index is 3.12. The second-order valence-corrected chi connectivity index (χ2v) is 3.97. The lowest BCUT2D eigenvalue weighted by Gasteiger charge is -2.17. The third-order valence-corrected chi connectivity index (χ3v) is 2.20. The Labute approximate surface area is 101 Å². The molecule has 0 atom stereocenters. The molecule has 0 fully saturated rings. The topological polar surface area (TPSA) is 35.5 Å². The fourth-order valence-corrected chi connectivity index (χ4v) is 1.54. The van der Waals surface area contributed by atoms with Crippen molar-refractivity contribution in [2.45, 2.75) is 32.8 Å². The standard InChI is InChI=1S/C13H17FO3/c1-9(2)17-13-10(5-4-6-15)7-11(14)8-12(13)16-3/h6-9H,4-5H2,1-3H3. The average Bonchev–Trinajstić information content (AvgIpc) is 2.28. The molecule has 0 aliphatic rings. The van der Waals surface area contributed by atoms with Crippen molar-refractivity contribution in [2.24, 2.45) is 0 Å². The average molecular weight is 240 g/mol. The summed E-state index contributed by atoms with van der Waals surface area (Å²) in [7, 11) is 1.46. The normalized spacial score (nSPS) is 10.4. The molecule has 0 saturated heterocycles. The van der Waals surface area contributed by atoms with Gasteiger partial charge in [0.1, 0.15) is 12.1 Å². The van der Waals surface area contributed by atoms with E-state index >= 15 is 0 Å². The monoisotopic (exact) mass is 240 g/mol. The van der Waals surface area contributed by atoms with Crippen LogP contribution in [-0.2, 0) is 11.2 Å². The highest BCUT2D eigenvalue weighted by Crippen LogP contribution is 2.33. The van der Waals surface area contributed by atoms with E-state index in [0.717, 1.165) is 6.29 Å². The van der Waals surface area contributed by atoms with Crippen LogP contribution in [0.4, 0.5) is 4.39 Å². The van der Waals surface area contributed by atoms with Gasteiger partial charge in [-0.2, -0.15) is 0 Å². The Morgan fingerprint density at radius 2 is 2.12 bits per heavy atom. The molecule has 0 unspecified atom stereocenters. The van der Waals surface area contributed by atoms with Gasteiger partial charge in [0.2, 0.25) is 0 Å². The largest absolute Gasteiger partial charge is 0.493 e. The number of hydrogen-bond donors (Lipinski definition) is 0. The predicted molar refractivity (Wildman–Crippen MR) is 63.1 cm³/mol. The minimum Gasteiger partial charge on any atom is -0.493 e. The van der Waals surface area contributed by atoms with Gasteiger partial charge in [-0.3, -0.25) is 0 Å². The van der Waals surface area contributed by atoms with Gasteiger partial charge in [0, 0.05) is 18.1 Å². The van der Waals surface area contributed by atoms with Crippen molar-refractivity contribution < 1.29 is 18.7 Å². The van der Waals surface area contributed by atoms with Gasteiger partial charge in [-0.05, 0) is 26.3 Å². The molecule has 3 nitrogen and oxygen atoms in total. The molecule has 1 aromatic rings. The van der Waals surface area contributed by atoms with E-state index in [1.54, 1.807) is 0 Å². The molecule has 0 amide bonds. The molecule has 94 valence electrons. The van der Waals surface area contributed by atoms with Crippen LogP contribution in [0.3, 0.4) is 0 Å². The number of benzene rings is 1. The number of aldehydes is 1. The molecule has 0 aliphatic carbocycles. The molecule has 0 radical (unpaired) electrons. The first-order valence-electron chi connectivity index (χ1n) is 5.55. The Morgan fingerprint density at radius 3 is 2.65 bits per heavy atom. The van der Waals surface area contributed by atoms with Crippen LogP contribution in [0, 0.1) is 5.82 Å². The molecule has 17 heavy (non-hydrogen) atoms. The van der Waals surface area contributed by atoms with Crippen LogP contribution in [0.15, 0.2) is 12.1 Å². The second-order valence-electron chi connectivity index (χ2n) is 3.97. The number of carbonyl (C=O) groups excluding carboxylic acids is 1. The first-order valence-corrected chi connectivity index (χ1v) is 5.55. The van der Waals surface area contributed by atoms with Crippen LogP contribution in [0.1, 0.15) is 25.8 Å². The minimum atomic E-state index is -0.390. The molecule has 4 heteroatoms. The highest BCUT2D eigenvalue weighted by molar-refractivity contribution is 5.53. The van der Waals surface area contributed by atoms with Crippen LogP contribution < -0.4 is 9.47 Å². The van der Waals surface area contributed by atoms with Crippen LogP contribution in [0.25, 0.3) is 0 Å². The quantitative estimate of drug-likeness (QED) is 0.717. The van der Waals surface area contributed by atoms with E-state index in [-0.39, 0.29) is 11.9 Å². The maximum Gasteiger partial charge on any atom is 0.164 e. The number of aryl methyl sites for hydroxylation is 1. The molecular formula is C13H17FO3. The highest BCUT2D eigenvalue weighted by atomic mass is 19.1. The molecule has 0 bridgehead atoms. The zero-order valence-corrected chi connectivity index (χ0v) is 10.3. The van der Waals surface area contributed by atoms with Crippen LogP contribution in [0.2, 0.25) is 0 Å². The lowest BCUT2D eigenvalue weighted by Crippen LogP contribution is -2.09. The first-order chi connectivity index (χ1) is 8.08. The van der Waals surface area contributed by atoms with Crippen molar-refractivity contribution in [3.05, 3.63) is 23.5 Å². The summed E-state index contributed by atoms with van der Waals surface area (Å²) in [5.41, 5.74) is 0.655. The maximum atomic E-state index is 13.3. The van der Waals surface area contributed by atoms with Crippen molar-refractivity contribution >= 4 is 6.29 Å². The number of hydrogen-bond acceptors (Lipinski definition) is 3. The summed E-state index contributed by atoms with van der Waals surface area (Å²) >= 11 is 0. The fraction of sp³-hybridized carbons (Fsp3) is 0.462. The van der Waals surface area contributed by atoms with Crippen LogP contribution >= 0.6 is 0 Å². The minimum absolute atomic E-state index is 0.0376. The summed E-state index contributed by atoms with van der Waals surface area (Å²) < 4.78 is 24.0. The zero-order chi connectivity index (χ0) is 12.8. The Bertz CT molecular complexity index is 388. The summed E-state index contributed by atoms with van der Waals surface area (Å²) in [5.74, 6) is 0.490. The molecule has 0 heterocycles. The van der Waals surface area contributed by atoms with E-state index < -0.39 is 0 Å². The molecular weight excluding hydrogens is 223 g/mol. The van der Waals surface area contributed by atoms with Crippen LogP contribution in [0.5, 0.6) is 11.5 Å². The van der Waals surface area contributed by atoms with Gasteiger partial charge in [0.05, 0.1) is 13.2 Å². The van der Waals surface area contributed by atoms with Gasteiger partial charge in [-0.1, -0.05) is 0 Å². The third kappa shape index (κ3) is 3.73. The summed E-state index contributed by atoms with van der Waals surface area (Å²) in [4.78, 5) is 10.4. The molecule has 0 saturated carbocycles. The second kappa shape index (κ2) is 6.23. The molecule has 0 N–H and O–H groups in total. The summed E-state index contributed by atoms with van der Waals surface area (Å²) in [5, 5.41) is 0. The van der Waals surface area contributed by atoms with Crippen molar-refractivity contribution in [3.8, 4) is 11.5 Å². The van der Waals surface area contributed by atoms with E-state index in [1.165, 1.54) is 19.2 Å². The molecule has 0 aromatic heterocycles. The van der Waals surface area contributed by atoms with Crippen molar-refractivity contribution in [3.63, 3.8) is 0 Å². The SMILES string of the molecule is COc1cc(F)cc(CCC=O)c1OC(C)C. The molecule has 0 spiro atoms. The number of rotatable bonds is 6. The Kier molecular flexibility index (Phi) is 4.94. The summed E-state index contributed by atoms with van der Waals surface area (Å²) in [6.07, 6.45) is 1.54. The van der Waals surface area contributed by atoms with Crippen molar-refractivity contribution in [1.29, 1.82) is 0 Å². The van der Waals surface area contributed by atoms with Gasteiger partial charge >= 0.3 is 0 Å². The lowest BCUT2D eigenvalue weighted by molar-refractivity contribution is -0.107. The predicted octanol–water partition coefficient (Wildman–Crippen LogP) is 2.75. The van der Waals surface area contributed by atoms with Gasteiger partial charge in [-0.25, -0.2) is 4.39 Å². The van der Waals surface area contributed by atoms with Crippen LogP contribution in [-0.4, -0.2) is 19.5 Å². The summed E-state index contributed by atoms with van der Waals surface area (Å²) in [6.45, 7) is 3.76. The van der Waals surface area contributed by atoms with Gasteiger partial charge in [0.25, 0.3) is 0 Å². The number of carbonyl (C=O) groups is 1. The maximum absolute atomic E-state index is 13.3. The highest BCUT2D eigenvalue weighted by Gasteiger charge is 2.14. The smallest absolute Gasteiger partial charge is 0.164 e. The van der Waals surface area contributed by atoms with E-state index in [2.05, 4.69) is 0 Å².